The van der Waals surface area contributed by atoms with Crippen LogP contribution in [0.5, 0.6) is 0 Å². The van der Waals surface area contributed by atoms with Crippen LogP contribution >= 0.6 is 0 Å². The van der Waals surface area contributed by atoms with Gasteiger partial charge in [-0.2, -0.15) is 8.78 Å². The highest BCUT2D eigenvalue weighted by molar-refractivity contribution is 4.96. The van der Waals surface area contributed by atoms with Crippen LogP contribution in [-0.2, 0) is 5.41 Å². The Morgan fingerprint density at radius 1 is 1.25 bits per heavy atom. The monoisotopic (exact) mass is 176 g/mol. The summed E-state index contributed by atoms with van der Waals surface area (Å²) in [7, 11) is 0. The normalized spacial score (nSPS) is 12.5. The second kappa shape index (κ2) is 2.80. The van der Waals surface area contributed by atoms with Gasteiger partial charge in [0.1, 0.15) is 0 Å². The molecule has 1 rings (SSSR count). The quantitative estimate of drug-likeness (QED) is 0.659. The van der Waals surface area contributed by atoms with E-state index in [-0.39, 0.29) is 11.3 Å². The van der Waals surface area contributed by atoms with Crippen molar-refractivity contribution in [3.05, 3.63) is 11.8 Å². The lowest BCUT2D eigenvalue weighted by atomic mass is 9.97. The minimum absolute atomic E-state index is 0.234. The number of alkyl halides is 2. The lowest BCUT2D eigenvalue weighted by molar-refractivity contribution is 0.111. The molecule has 1 aromatic heterocycles. The van der Waals surface area contributed by atoms with Crippen LogP contribution in [0.25, 0.3) is 0 Å². The molecule has 1 aromatic rings. The molecule has 5 heteroatoms. The Morgan fingerprint density at radius 3 is 2.08 bits per heavy atom. The van der Waals surface area contributed by atoms with Gasteiger partial charge < -0.3 is 4.42 Å². The molecule has 0 fully saturated rings. The number of rotatable bonds is 1. The molecule has 0 aliphatic heterocycles. The minimum atomic E-state index is -2.69. The molecular formula is C7H10F2N2O. The fourth-order valence-electron chi connectivity index (χ4n) is 0.626. The molecule has 12 heavy (non-hydrogen) atoms. The molecule has 3 nitrogen and oxygen atoms in total. The van der Waals surface area contributed by atoms with Gasteiger partial charge in [-0.25, -0.2) is 0 Å². The van der Waals surface area contributed by atoms with Crippen molar-refractivity contribution in [2.24, 2.45) is 0 Å². The molecule has 0 atom stereocenters. The van der Waals surface area contributed by atoms with Crippen molar-refractivity contribution in [3.8, 4) is 0 Å². The van der Waals surface area contributed by atoms with Gasteiger partial charge in [0.15, 0.2) is 0 Å². The second-order valence-electron chi connectivity index (χ2n) is 3.50. The van der Waals surface area contributed by atoms with Crippen LogP contribution in [-0.4, -0.2) is 10.2 Å². The van der Waals surface area contributed by atoms with Gasteiger partial charge in [-0.05, 0) is 0 Å². The van der Waals surface area contributed by atoms with E-state index in [1.54, 1.807) is 0 Å². The van der Waals surface area contributed by atoms with Crippen molar-refractivity contribution in [2.45, 2.75) is 32.6 Å². The molecule has 0 bridgehead atoms. The molecule has 0 saturated carbocycles. The smallest absolute Gasteiger partial charge is 0.314 e. The van der Waals surface area contributed by atoms with Crippen LogP contribution in [0.2, 0.25) is 0 Å². The van der Waals surface area contributed by atoms with Gasteiger partial charge in [0, 0.05) is 5.41 Å². The molecule has 0 radical (unpaired) electrons. The molecule has 0 spiro atoms. The summed E-state index contributed by atoms with van der Waals surface area (Å²) in [6, 6.07) is 0. The third-order valence-electron chi connectivity index (χ3n) is 1.27. The van der Waals surface area contributed by atoms with E-state index in [9.17, 15) is 8.78 Å². The van der Waals surface area contributed by atoms with E-state index in [4.69, 9.17) is 4.42 Å². The molecule has 0 aliphatic rings. The largest absolute Gasteiger partial charge is 0.419 e. The first-order valence-electron chi connectivity index (χ1n) is 3.53. The van der Waals surface area contributed by atoms with E-state index >= 15 is 0 Å². The summed E-state index contributed by atoms with van der Waals surface area (Å²) in [6.45, 7) is 5.45. The number of nitrogens with zero attached hydrogens (tertiary/aromatic N) is 2. The molecule has 0 unspecified atom stereocenters. The summed E-state index contributed by atoms with van der Waals surface area (Å²) < 4.78 is 28.7. The second-order valence-corrected chi connectivity index (χ2v) is 3.50. The van der Waals surface area contributed by atoms with Crippen molar-refractivity contribution < 1.29 is 13.2 Å². The first kappa shape index (κ1) is 9.09. The zero-order chi connectivity index (χ0) is 9.35. The van der Waals surface area contributed by atoms with E-state index in [0.717, 1.165) is 0 Å². The van der Waals surface area contributed by atoms with Crippen molar-refractivity contribution in [2.75, 3.05) is 0 Å². The topological polar surface area (TPSA) is 38.9 Å². The Bertz CT molecular complexity index is 265. The highest BCUT2D eigenvalue weighted by Gasteiger charge is 2.24. The predicted octanol–water partition coefficient (Wildman–Crippen LogP) is 2.30. The summed E-state index contributed by atoms with van der Waals surface area (Å²) in [4.78, 5) is 0. The maximum absolute atomic E-state index is 12.0. The van der Waals surface area contributed by atoms with E-state index in [0.29, 0.717) is 0 Å². The Labute approximate surface area is 68.8 Å². The SMILES string of the molecule is CC(C)(C)c1nnc(C(F)F)o1. The maximum Gasteiger partial charge on any atom is 0.314 e. The van der Waals surface area contributed by atoms with E-state index in [1.165, 1.54) is 0 Å². The summed E-state index contributed by atoms with van der Waals surface area (Å²) in [5.74, 6) is -0.377. The Kier molecular flexibility index (Phi) is 2.12. The summed E-state index contributed by atoms with van der Waals surface area (Å²) >= 11 is 0. The summed E-state index contributed by atoms with van der Waals surface area (Å²) in [5.41, 5.74) is -0.375. The fraction of sp³-hybridized carbons (Fsp3) is 0.714. The summed E-state index contributed by atoms with van der Waals surface area (Å²) in [5, 5.41) is 6.73. The number of hydrogen-bond acceptors (Lipinski definition) is 3. The highest BCUT2D eigenvalue weighted by atomic mass is 19.3. The summed E-state index contributed by atoms with van der Waals surface area (Å²) in [6.07, 6.45) is -2.69. The molecule has 68 valence electrons. The van der Waals surface area contributed by atoms with Crippen LogP contribution in [0.15, 0.2) is 4.42 Å². The molecular weight excluding hydrogens is 166 g/mol. The molecule has 0 aliphatic carbocycles. The Hall–Kier alpha value is -1.00. The molecule has 0 amide bonds. The number of aromatic nitrogens is 2. The van der Waals surface area contributed by atoms with Gasteiger partial charge in [-0.15, -0.1) is 10.2 Å². The van der Waals surface area contributed by atoms with Crippen LogP contribution in [0.4, 0.5) is 8.78 Å². The van der Waals surface area contributed by atoms with Gasteiger partial charge in [0.05, 0.1) is 0 Å². The fourth-order valence-corrected chi connectivity index (χ4v) is 0.626. The molecule has 0 saturated heterocycles. The predicted molar refractivity (Wildman–Crippen MR) is 38.0 cm³/mol. The zero-order valence-electron chi connectivity index (χ0n) is 7.14. The van der Waals surface area contributed by atoms with E-state index in [1.807, 2.05) is 20.8 Å². The molecule has 0 N–H and O–H groups in total. The molecule has 1 heterocycles. The van der Waals surface area contributed by atoms with E-state index in [2.05, 4.69) is 10.2 Å². The van der Waals surface area contributed by atoms with Gasteiger partial charge in [0.25, 0.3) is 5.89 Å². The van der Waals surface area contributed by atoms with Gasteiger partial charge in [-0.1, -0.05) is 20.8 Å². The lowest BCUT2D eigenvalue weighted by Gasteiger charge is -2.10. The average molecular weight is 176 g/mol. The van der Waals surface area contributed by atoms with Gasteiger partial charge in [-0.3, -0.25) is 0 Å². The lowest BCUT2D eigenvalue weighted by Crippen LogP contribution is -2.11. The van der Waals surface area contributed by atoms with Crippen LogP contribution in [0, 0.1) is 0 Å². The number of hydrogen-bond donors (Lipinski definition) is 0. The van der Waals surface area contributed by atoms with Crippen LogP contribution in [0.1, 0.15) is 39.0 Å². The third-order valence-corrected chi connectivity index (χ3v) is 1.27. The van der Waals surface area contributed by atoms with Crippen molar-refractivity contribution >= 4 is 0 Å². The van der Waals surface area contributed by atoms with Gasteiger partial charge >= 0.3 is 6.43 Å². The first-order chi connectivity index (χ1) is 5.41. The zero-order valence-corrected chi connectivity index (χ0v) is 7.14. The molecule has 0 aromatic carbocycles. The standard InChI is InChI=1S/C7H10F2N2O/c1-7(2,3)6-11-10-5(12-6)4(8)9/h4H,1-3H3. The minimum Gasteiger partial charge on any atom is -0.419 e. The van der Waals surface area contributed by atoms with E-state index < -0.39 is 12.3 Å². The third kappa shape index (κ3) is 1.78. The van der Waals surface area contributed by atoms with Gasteiger partial charge in [0.2, 0.25) is 5.89 Å². The Morgan fingerprint density at radius 2 is 1.83 bits per heavy atom. The maximum atomic E-state index is 12.0. The van der Waals surface area contributed by atoms with Crippen molar-refractivity contribution in [1.29, 1.82) is 0 Å². The van der Waals surface area contributed by atoms with Crippen LogP contribution in [0.3, 0.4) is 0 Å². The Balaban J connectivity index is 2.92. The highest BCUT2D eigenvalue weighted by Crippen LogP contribution is 2.24. The van der Waals surface area contributed by atoms with Crippen LogP contribution < -0.4 is 0 Å². The first-order valence-corrected chi connectivity index (χ1v) is 3.53. The average Bonchev–Trinajstić information content (AvgIpc) is 2.30. The van der Waals surface area contributed by atoms with Crippen molar-refractivity contribution in [3.63, 3.8) is 0 Å². The number of halogens is 2. The van der Waals surface area contributed by atoms with Crippen molar-refractivity contribution in [1.82, 2.24) is 10.2 Å².